The van der Waals surface area contributed by atoms with Crippen LogP contribution in [0.5, 0.6) is 0 Å². The van der Waals surface area contributed by atoms with E-state index in [1.807, 2.05) is 6.92 Å². The van der Waals surface area contributed by atoms with Gasteiger partial charge in [0.15, 0.2) is 0 Å². The predicted molar refractivity (Wildman–Crippen MR) is 56.2 cm³/mol. The monoisotopic (exact) mass is 182 g/mol. The Hall–Kier alpha value is -0.900. The first-order chi connectivity index (χ1) is 6.34. The largest absolute Gasteiger partial charge is 0.387 e. The van der Waals surface area contributed by atoms with Crippen molar-refractivity contribution in [3.05, 3.63) is 0 Å². The molecule has 0 unspecified atom stereocenters. The molecule has 0 atom stereocenters. The van der Waals surface area contributed by atoms with Crippen LogP contribution in [0.3, 0.4) is 0 Å². The Labute approximate surface area is 79.3 Å². The van der Waals surface area contributed by atoms with Crippen LogP contribution >= 0.6 is 0 Å². The van der Waals surface area contributed by atoms with E-state index in [9.17, 15) is 0 Å². The van der Waals surface area contributed by atoms with E-state index in [4.69, 9.17) is 5.73 Å². The third kappa shape index (κ3) is 3.55. The average molecular weight is 182 g/mol. The zero-order chi connectivity index (χ0) is 9.52. The van der Waals surface area contributed by atoms with Gasteiger partial charge in [-0.15, -0.1) is 0 Å². The number of amidine groups is 1. The summed E-state index contributed by atoms with van der Waals surface area (Å²) in [6.45, 7) is 4.84. The van der Waals surface area contributed by atoms with E-state index in [1.165, 1.54) is 0 Å². The lowest BCUT2D eigenvalue weighted by Gasteiger charge is -2.21. The summed E-state index contributed by atoms with van der Waals surface area (Å²) >= 11 is 0. The first-order valence-corrected chi connectivity index (χ1v) is 4.86. The van der Waals surface area contributed by atoms with Gasteiger partial charge in [-0.2, -0.15) is 0 Å². The highest BCUT2D eigenvalue weighted by molar-refractivity contribution is 5.89. The molecule has 0 spiro atoms. The van der Waals surface area contributed by atoms with E-state index in [1.54, 1.807) is 6.34 Å². The summed E-state index contributed by atoms with van der Waals surface area (Å²) in [7, 11) is 0. The summed E-state index contributed by atoms with van der Waals surface area (Å²) in [4.78, 5) is 8.11. The van der Waals surface area contributed by atoms with Gasteiger partial charge in [-0.05, 0) is 32.9 Å². The van der Waals surface area contributed by atoms with Gasteiger partial charge in [-0.3, -0.25) is 4.99 Å². The third-order valence-electron chi connectivity index (χ3n) is 2.23. The van der Waals surface area contributed by atoms with E-state index in [0.29, 0.717) is 5.92 Å². The Bertz CT molecular complexity index is 192. The lowest BCUT2D eigenvalue weighted by Crippen LogP contribution is -2.35. The SMILES string of the molecule is CCN=CN=C(N)C1CCNCC1. The lowest BCUT2D eigenvalue weighted by molar-refractivity contribution is 0.455. The van der Waals surface area contributed by atoms with Crippen LogP contribution in [0.1, 0.15) is 19.8 Å². The minimum atomic E-state index is 0.449. The van der Waals surface area contributed by atoms with E-state index >= 15 is 0 Å². The molecule has 1 aliphatic heterocycles. The van der Waals surface area contributed by atoms with Crippen LogP contribution in [0.15, 0.2) is 9.98 Å². The second kappa shape index (κ2) is 5.70. The second-order valence-corrected chi connectivity index (χ2v) is 3.19. The van der Waals surface area contributed by atoms with E-state index < -0.39 is 0 Å². The van der Waals surface area contributed by atoms with Gasteiger partial charge in [0.1, 0.15) is 12.2 Å². The minimum Gasteiger partial charge on any atom is -0.387 e. The maximum atomic E-state index is 5.82. The fraction of sp³-hybridized carbons (Fsp3) is 0.778. The quantitative estimate of drug-likeness (QED) is 0.490. The molecule has 4 heteroatoms. The maximum absolute atomic E-state index is 5.82. The van der Waals surface area contributed by atoms with Gasteiger partial charge >= 0.3 is 0 Å². The Morgan fingerprint density at radius 1 is 1.54 bits per heavy atom. The van der Waals surface area contributed by atoms with Gasteiger partial charge in [-0.1, -0.05) is 0 Å². The smallest absolute Gasteiger partial charge is 0.111 e. The molecule has 1 fully saturated rings. The molecule has 0 radical (unpaired) electrons. The molecule has 13 heavy (non-hydrogen) atoms. The van der Waals surface area contributed by atoms with Crippen molar-refractivity contribution < 1.29 is 0 Å². The van der Waals surface area contributed by atoms with Crippen molar-refractivity contribution in [1.82, 2.24) is 5.32 Å². The topological polar surface area (TPSA) is 62.8 Å². The summed E-state index contributed by atoms with van der Waals surface area (Å²) in [5, 5.41) is 3.29. The Kier molecular flexibility index (Phi) is 4.46. The van der Waals surface area contributed by atoms with Gasteiger partial charge < -0.3 is 11.1 Å². The van der Waals surface area contributed by atoms with Gasteiger partial charge in [0.05, 0.1) is 0 Å². The van der Waals surface area contributed by atoms with Gasteiger partial charge in [0, 0.05) is 12.5 Å². The number of hydrogen-bond acceptors (Lipinski definition) is 2. The molecule has 1 aliphatic rings. The average Bonchev–Trinajstić information content (AvgIpc) is 2.19. The summed E-state index contributed by atoms with van der Waals surface area (Å²) in [5.41, 5.74) is 5.82. The highest BCUT2D eigenvalue weighted by atomic mass is 14.9. The minimum absolute atomic E-state index is 0.449. The van der Waals surface area contributed by atoms with E-state index in [0.717, 1.165) is 38.3 Å². The van der Waals surface area contributed by atoms with Crippen molar-refractivity contribution in [3.63, 3.8) is 0 Å². The highest BCUT2D eigenvalue weighted by Crippen LogP contribution is 2.10. The molecule has 1 rings (SSSR count). The normalized spacial score (nSPS) is 21.2. The van der Waals surface area contributed by atoms with Crippen molar-refractivity contribution in [2.75, 3.05) is 19.6 Å². The van der Waals surface area contributed by atoms with Crippen LogP contribution in [0.2, 0.25) is 0 Å². The molecule has 0 aliphatic carbocycles. The predicted octanol–water partition coefficient (Wildman–Crippen LogP) is 0.391. The van der Waals surface area contributed by atoms with Crippen molar-refractivity contribution in [2.24, 2.45) is 21.6 Å². The molecule has 3 N–H and O–H groups in total. The molecule has 74 valence electrons. The Balaban J connectivity index is 2.39. The zero-order valence-electron chi connectivity index (χ0n) is 8.16. The van der Waals surface area contributed by atoms with Crippen LogP contribution in [0.25, 0.3) is 0 Å². The molecular weight excluding hydrogens is 164 g/mol. The highest BCUT2D eigenvalue weighted by Gasteiger charge is 2.15. The molecule has 1 saturated heterocycles. The fourth-order valence-corrected chi connectivity index (χ4v) is 1.41. The van der Waals surface area contributed by atoms with Crippen LogP contribution in [-0.4, -0.2) is 31.8 Å². The first-order valence-electron chi connectivity index (χ1n) is 4.86. The van der Waals surface area contributed by atoms with Crippen molar-refractivity contribution in [3.8, 4) is 0 Å². The number of nitrogens with two attached hydrogens (primary N) is 1. The lowest BCUT2D eigenvalue weighted by atomic mass is 9.97. The maximum Gasteiger partial charge on any atom is 0.111 e. The molecule has 0 aromatic rings. The molecule has 0 aromatic carbocycles. The molecule has 0 saturated carbocycles. The van der Waals surface area contributed by atoms with Crippen molar-refractivity contribution >= 4 is 12.2 Å². The molecular formula is C9H18N4. The summed E-state index contributed by atoms with van der Waals surface area (Å²) < 4.78 is 0. The van der Waals surface area contributed by atoms with Crippen molar-refractivity contribution in [1.29, 1.82) is 0 Å². The third-order valence-corrected chi connectivity index (χ3v) is 2.23. The molecule has 0 aromatic heterocycles. The first kappa shape index (κ1) is 10.2. The van der Waals surface area contributed by atoms with Crippen LogP contribution in [0, 0.1) is 5.92 Å². The Morgan fingerprint density at radius 3 is 2.85 bits per heavy atom. The summed E-state index contributed by atoms with van der Waals surface area (Å²) in [6, 6.07) is 0. The van der Waals surface area contributed by atoms with Gasteiger partial charge in [-0.25, -0.2) is 4.99 Å². The summed E-state index contributed by atoms with van der Waals surface area (Å²) in [5.74, 6) is 1.18. The van der Waals surface area contributed by atoms with Gasteiger partial charge in [0.2, 0.25) is 0 Å². The number of aliphatic imine (C=N–C) groups is 2. The molecule has 4 nitrogen and oxygen atoms in total. The van der Waals surface area contributed by atoms with Crippen LogP contribution in [-0.2, 0) is 0 Å². The molecule has 0 amide bonds. The zero-order valence-corrected chi connectivity index (χ0v) is 8.16. The van der Waals surface area contributed by atoms with E-state index in [2.05, 4.69) is 15.3 Å². The van der Waals surface area contributed by atoms with Gasteiger partial charge in [0.25, 0.3) is 0 Å². The summed E-state index contributed by atoms with van der Waals surface area (Å²) in [6.07, 6.45) is 3.75. The van der Waals surface area contributed by atoms with Crippen molar-refractivity contribution in [2.45, 2.75) is 19.8 Å². The standard InChI is InChI=1S/C9H18N4/c1-2-11-7-13-9(10)8-3-5-12-6-4-8/h7-8,12H,2-6H2,1H3,(H2,10,11,13). The number of nitrogens with zero attached hydrogens (tertiary/aromatic N) is 2. The molecule has 1 heterocycles. The second-order valence-electron chi connectivity index (χ2n) is 3.19. The van der Waals surface area contributed by atoms with E-state index in [-0.39, 0.29) is 0 Å². The van der Waals surface area contributed by atoms with Crippen LogP contribution in [0.4, 0.5) is 0 Å². The Morgan fingerprint density at radius 2 is 2.23 bits per heavy atom. The number of nitrogens with one attached hydrogen (secondary N) is 1. The number of piperidine rings is 1. The number of rotatable bonds is 3. The van der Waals surface area contributed by atoms with Crippen LogP contribution < -0.4 is 11.1 Å². The molecule has 0 bridgehead atoms. The number of hydrogen-bond donors (Lipinski definition) is 2. The fourth-order valence-electron chi connectivity index (χ4n) is 1.41.